The zero-order valence-electron chi connectivity index (χ0n) is 26.1. The monoisotopic (exact) mass is 592 g/mol. The van der Waals surface area contributed by atoms with Gasteiger partial charge in [-0.1, -0.05) is 53.4 Å². The van der Waals surface area contributed by atoms with Crippen LogP contribution in [0, 0.1) is 11.8 Å². The maximum atomic E-state index is 15.6. The van der Waals surface area contributed by atoms with Crippen molar-refractivity contribution in [2.45, 2.75) is 173 Å². The molecule has 2 aliphatic rings. The van der Waals surface area contributed by atoms with Crippen LogP contribution in [-0.4, -0.2) is 61.6 Å². The molecule has 0 radical (unpaired) electrons. The summed E-state index contributed by atoms with van der Waals surface area (Å²) in [5, 5.41) is 19.8. The Morgan fingerprint density at radius 1 is 1.05 bits per heavy atom. The molecule has 2 fully saturated rings. The van der Waals surface area contributed by atoms with Crippen LogP contribution in [0.25, 0.3) is 0 Å². The van der Waals surface area contributed by atoms with Gasteiger partial charge in [-0.15, -0.1) is 0 Å². The van der Waals surface area contributed by atoms with E-state index >= 15 is 8.78 Å². The highest BCUT2D eigenvalue weighted by Gasteiger charge is 2.49. The fourth-order valence-electron chi connectivity index (χ4n) is 5.94. The lowest BCUT2D eigenvalue weighted by Crippen LogP contribution is -2.49. The Bertz CT molecular complexity index is 738. The normalized spacial score (nSPS) is 27.2. The Hall–Kier alpha value is -0.613. The van der Waals surface area contributed by atoms with E-state index in [0.717, 1.165) is 44.9 Å². The van der Waals surface area contributed by atoms with Gasteiger partial charge in [0.1, 0.15) is 6.10 Å². The number of hydrogen-bond acceptors (Lipinski definition) is 5. The molecule has 0 aromatic rings. The molecular weight excluding hydrogens is 534 g/mol. The summed E-state index contributed by atoms with van der Waals surface area (Å²) >= 11 is 0. The van der Waals surface area contributed by atoms with Crippen LogP contribution in [0.1, 0.15) is 124 Å². The predicted molar refractivity (Wildman–Crippen MR) is 157 cm³/mol. The fraction of sp³-hybridized carbons (Fsp3) is 0.968. The van der Waals surface area contributed by atoms with E-state index in [1.807, 2.05) is 20.0 Å². The molecule has 1 saturated carbocycles. The van der Waals surface area contributed by atoms with Crippen molar-refractivity contribution in [3.8, 4) is 0 Å². The lowest BCUT2D eigenvalue weighted by atomic mass is 9.84. The van der Waals surface area contributed by atoms with Crippen LogP contribution in [0.2, 0.25) is 18.1 Å². The standard InChI is InChI=1S/C31H58F2O6Si/c1-7-8-20-31(32,33)27(39-40(5,6)30(2,3)4)19-18-24-23(15-11-9-10-12-16-28(35)36)25(34)22-26(24)38-29-17-13-14-21-37-29/h23-27,29,34H,7-22H2,1-6H3,(H,35,36)/t23-,24-,25+,26-,27?,29?/m1/s1. The van der Waals surface area contributed by atoms with Gasteiger partial charge in [-0.05, 0) is 81.3 Å². The van der Waals surface area contributed by atoms with Crippen LogP contribution in [0.5, 0.6) is 0 Å². The van der Waals surface area contributed by atoms with Crippen molar-refractivity contribution in [3.05, 3.63) is 0 Å². The molecule has 9 heteroatoms. The molecule has 0 aromatic heterocycles. The van der Waals surface area contributed by atoms with Crippen LogP contribution in [0.4, 0.5) is 8.78 Å². The second-order valence-corrected chi connectivity index (χ2v) is 18.5. The first kappa shape index (κ1) is 35.6. The zero-order chi connectivity index (χ0) is 30.0. The molecular formula is C31H58F2O6Si. The number of alkyl halides is 2. The van der Waals surface area contributed by atoms with Crippen LogP contribution in [-0.2, 0) is 18.7 Å². The topological polar surface area (TPSA) is 85.2 Å². The summed E-state index contributed by atoms with van der Waals surface area (Å²) in [6, 6.07) is 0. The SMILES string of the molecule is CCCCC(F)(F)C(CC[C@@H]1[C@@H](CCCCCCC(=O)O)[C@@H](O)C[C@H]1OC1CCCCO1)O[Si](C)(C)C(C)(C)C. The van der Waals surface area contributed by atoms with E-state index in [2.05, 4.69) is 20.8 Å². The molecule has 0 bridgehead atoms. The Kier molecular flexibility index (Phi) is 14.5. The molecule has 1 aliphatic heterocycles. The second kappa shape index (κ2) is 16.3. The summed E-state index contributed by atoms with van der Waals surface area (Å²) in [6.07, 6.45) is 7.10. The maximum absolute atomic E-state index is 15.6. The van der Waals surface area contributed by atoms with E-state index in [0.29, 0.717) is 38.7 Å². The third-order valence-corrected chi connectivity index (χ3v) is 14.0. The van der Waals surface area contributed by atoms with Gasteiger partial charge in [-0.25, -0.2) is 8.78 Å². The maximum Gasteiger partial charge on any atom is 0.303 e. The molecule has 1 saturated heterocycles. The van der Waals surface area contributed by atoms with E-state index < -0.39 is 32.4 Å². The molecule has 6 nitrogen and oxygen atoms in total. The molecule has 2 unspecified atom stereocenters. The van der Waals surface area contributed by atoms with Crippen molar-refractivity contribution in [1.82, 2.24) is 0 Å². The van der Waals surface area contributed by atoms with Crippen LogP contribution in [0.15, 0.2) is 0 Å². The average molecular weight is 593 g/mol. The van der Waals surface area contributed by atoms with Gasteiger partial charge < -0.3 is 24.1 Å². The van der Waals surface area contributed by atoms with Gasteiger partial charge >= 0.3 is 5.97 Å². The summed E-state index contributed by atoms with van der Waals surface area (Å²) in [6.45, 7) is 12.9. The molecule has 0 aromatic carbocycles. The third-order valence-electron chi connectivity index (χ3n) is 9.48. The first-order chi connectivity index (χ1) is 18.7. The summed E-state index contributed by atoms with van der Waals surface area (Å²) < 4.78 is 50.0. The van der Waals surface area contributed by atoms with Gasteiger partial charge in [0.05, 0.1) is 12.2 Å². The van der Waals surface area contributed by atoms with Gasteiger partial charge in [0.25, 0.3) is 5.92 Å². The first-order valence-corrected chi connectivity index (χ1v) is 18.8. The van der Waals surface area contributed by atoms with Gasteiger partial charge in [0, 0.05) is 25.9 Å². The molecule has 40 heavy (non-hydrogen) atoms. The number of carbonyl (C=O) groups is 1. The van der Waals surface area contributed by atoms with Crippen LogP contribution in [0.3, 0.4) is 0 Å². The Morgan fingerprint density at radius 3 is 2.35 bits per heavy atom. The Morgan fingerprint density at radius 2 is 1.75 bits per heavy atom. The highest BCUT2D eigenvalue weighted by Crippen LogP contribution is 2.45. The molecule has 1 heterocycles. The van der Waals surface area contributed by atoms with E-state index in [4.69, 9.17) is 19.0 Å². The summed E-state index contributed by atoms with van der Waals surface area (Å²) in [5.74, 6) is -3.77. The zero-order valence-corrected chi connectivity index (χ0v) is 27.1. The minimum Gasteiger partial charge on any atom is -0.481 e. The molecule has 2 N–H and O–H groups in total. The lowest BCUT2D eigenvalue weighted by Gasteiger charge is -2.42. The first-order valence-electron chi connectivity index (χ1n) is 15.9. The van der Waals surface area contributed by atoms with Crippen molar-refractivity contribution < 1.29 is 37.7 Å². The summed E-state index contributed by atoms with van der Waals surface area (Å²) in [4.78, 5) is 10.8. The molecule has 0 spiro atoms. The van der Waals surface area contributed by atoms with E-state index in [-0.39, 0.29) is 48.5 Å². The summed E-state index contributed by atoms with van der Waals surface area (Å²) in [5.41, 5.74) is 0. The third kappa shape index (κ3) is 11.2. The van der Waals surface area contributed by atoms with Crippen molar-refractivity contribution in [2.75, 3.05) is 6.61 Å². The molecule has 6 atom stereocenters. The van der Waals surface area contributed by atoms with E-state index in [9.17, 15) is 9.90 Å². The molecule has 1 aliphatic carbocycles. The number of hydrogen-bond donors (Lipinski definition) is 2. The highest BCUT2D eigenvalue weighted by atomic mass is 28.4. The number of ether oxygens (including phenoxy) is 2. The Balaban J connectivity index is 2.17. The lowest BCUT2D eigenvalue weighted by molar-refractivity contribution is -0.197. The number of aliphatic hydroxyl groups is 1. The highest BCUT2D eigenvalue weighted by molar-refractivity contribution is 6.74. The number of unbranched alkanes of at least 4 members (excludes halogenated alkanes) is 4. The van der Waals surface area contributed by atoms with Gasteiger partial charge in [-0.2, -0.15) is 0 Å². The van der Waals surface area contributed by atoms with Gasteiger partial charge in [0.2, 0.25) is 0 Å². The summed E-state index contributed by atoms with van der Waals surface area (Å²) in [7, 11) is -2.44. The number of aliphatic hydroxyl groups excluding tert-OH is 1. The van der Waals surface area contributed by atoms with Crippen molar-refractivity contribution in [2.24, 2.45) is 11.8 Å². The van der Waals surface area contributed by atoms with E-state index in [1.54, 1.807) is 0 Å². The number of halogens is 2. The number of carboxylic acid groups (broad SMARTS) is 1. The second-order valence-electron chi connectivity index (χ2n) is 13.8. The van der Waals surface area contributed by atoms with E-state index in [1.165, 1.54) is 0 Å². The minimum absolute atomic E-state index is 0.0363. The fourth-order valence-corrected chi connectivity index (χ4v) is 7.30. The number of carboxylic acids is 1. The molecule has 236 valence electrons. The average Bonchev–Trinajstić information content (AvgIpc) is 3.15. The quantitative estimate of drug-likeness (QED) is 0.123. The van der Waals surface area contributed by atoms with Gasteiger partial charge in [-0.3, -0.25) is 4.79 Å². The predicted octanol–water partition coefficient (Wildman–Crippen LogP) is 8.32. The van der Waals surface area contributed by atoms with Crippen molar-refractivity contribution in [3.63, 3.8) is 0 Å². The number of aliphatic carboxylic acids is 1. The smallest absolute Gasteiger partial charge is 0.303 e. The largest absolute Gasteiger partial charge is 0.481 e. The van der Waals surface area contributed by atoms with Gasteiger partial charge in [0.15, 0.2) is 14.6 Å². The van der Waals surface area contributed by atoms with Crippen LogP contribution >= 0.6 is 0 Å². The number of rotatable bonds is 18. The Labute approximate surface area is 243 Å². The molecule has 2 rings (SSSR count). The minimum atomic E-state index is -2.91. The molecule has 0 amide bonds. The van der Waals surface area contributed by atoms with Crippen molar-refractivity contribution in [1.29, 1.82) is 0 Å². The van der Waals surface area contributed by atoms with Crippen molar-refractivity contribution >= 4 is 14.3 Å². The van der Waals surface area contributed by atoms with Crippen LogP contribution < -0.4 is 0 Å².